The number of aromatic hydroxyl groups is 1. The van der Waals surface area contributed by atoms with Crippen LogP contribution in [0.1, 0.15) is 56.7 Å². The Morgan fingerprint density at radius 1 is 0.857 bits per heavy atom. The van der Waals surface area contributed by atoms with Crippen LogP contribution in [0.2, 0.25) is 0 Å². The molecule has 42 heavy (non-hydrogen) atoms. The lowest BCUT2D eigenvalue weighted by Crippen LogP contribution is -2.60. The lowest BCUT2D eigenvalue weighted by Gasteiger charge is -2.44. The molecule has 1 aliphatic heterocycles. The number of benzene rings is 2. The van der Waals surface area contributed by atoms with Crippen LogP contribution in [-0.2, 0) is 42.9 Å². The average Bonchev–Trinajstić information content (AvgIpc) is 3.30. The number of carbonyl (C=O) groups is 4. The fourth-order valence-electron chi connectivity index (χ4n) is 5.21. The molecule has 0 saturated carbocycles. The molecule has 1 aliphatic rings. The van der Waals surface area contributed by atoms with E-state index in [1.165, 1.54) is 26.0 Å². The number of aliphatic hydroxyl groups excluding tert-OH is 1. The highest BCUT2D eigenvalue weighted by molar-refractivity contribution is 5.88. The van der Waals surface area contributed by atoms with Gasteiger partial charge in [0.15, 0.2) is 24.5 Å². The van der Waals surface area contributed by atoms with Crippen molar-refractivity contribution in [1.29, 1.82) is 0 Å². The van der Waals surface area contributed by atoms with Gasteiger partial charge in [-0.3, -0.25) is 19.2 Å². The molecular weight excluding hydrogens is 550 g/mol. The van der Waals surface area contributed by atoms with Crippen molar-refractivity contribution < 1.29 is 53.1 Å². The number of fused-ring (bicyclic) bond motifs is 1. The SMILES string of the molecule is CC(=O)OC[C@H]1O[C@@H](n2cc(C(O)c3ccc(O)cc3)c3c(C)cccc32)[C@H](OC(C)=O)[C@@H](OC(C)=O)[C@@H]1OC(C)=O. The van der Waals surface area contributed by atoms with E-state index in [1.807, 2.05) is 13.0 Å². The van der Waals surface area contributed by atoms with E-state index in [1.54, 1.807) is 35.0 Å². The van der Waals surface area contributed by atoms with Crippen LogP contribution in [0, 0.1) is 6.92 Å². The van der Waals surface area contributed by atoms with Crippen molar-refractivity contribution in [2.24, 2.45) is 0 Å². The zero-order valence-electron chi connectivity index (χ0n) is 23.8. The number of hydrogen-bond acceptors (Lipinski definition) is 11. The summed E-state index contributed by atoms with van der Waals surface area (Å²) in [6, 6.07) is 11.6. The van der Waals surface area contributed by atoms with Crippen LogP contribution in [0.5, 0.6) is 5.75 Å². The van der Waals surface area contributed by atoms with Crippen LogP contribution in [0.3, 0.4) is 0 Å². The number of phenolic OH excluding ortho intramolecular Hbond substituents is 1. The Balaban J connectivity index is 1.91. The van der Waals surface area contributed by atoms with E-state index in [2.05, 4.69) is 0 Å². The number of aliphatic hydroxyl groups is 1. The van der Waals surface area contributed by atoms with E-state index < -0.39 is 60.6 Å². The first-order chi connectivity index (χ1) is 19.9. The molecule has 1 unspecified atom stereocenters. The van der Waals surface area contributed by atoms with Gasteiger partial charge in [-0.2, -0.15) is 0 Å². The number of carbonyl (C=O) groups excluding carboxylic acids is 4. The van der Waals surface area contributed by atoms with Crippen molar-refractivity contribution in [3.63, 3.8) is 0 Å². The Morgan fingerprint density at radius 2 is 1.45 bits per heavy atom. The van der Waals surface area contributed by atoms with Crippen LogP contribution in [-0.4, -0.2) is 69.7 Å². The quantitative estimate of drug-likeness (QED) is 0.296. The maximum absolute atomic E-state index is 12.3. The van der Waals surface area contributed by atoms with Gasteiger partial charge in [-0.1, -0.05) is 24.3 Å². The van der Waals surface area contributed by atoms with E-state index >= 15 is 0 Å². The number of ether oxygens (including phenoxy) is 5. The molecule has 6 atom stereocenters. The smallest absolute Gasteiger partial charge is 0.303 e. The minimum atomic E-state index is -1.35. The summed E-state index contributed by atoms with van der Waals surface area (Å²) in [6.07, 6.45) is -5.77. The van der Waals surface area contributed by atoms with E-state index in [4.69, 9.17) is 23.7 Å². The van der Waals surface area contributed by atoms with Crippen LogP contribution in [0.4, 0.5) is 0 Å². The minimum absolute atomic E-state index is 0.0436. The zero-order chi connectivity index (χ0) is 30.7. The molecule has 224 valence electrons. The molecule has 4 rings (SSSR count). The van der Waals surface area contributed by atoms with Gasteiger partial charge >= 0.3 is 23.9 Å². The summed E-state index contributed by atoms with van der Waals surface area (Å²) in [4.78, 5) is 48.3. The summed E-state index contributed by atoms with van der Waals surface area (Å²) in [5.74, 6) is -2.76. The fourth-order valence-corrected chi connectivity index (χ4v) is 5.21. The monoisotopic (exact) mass is 583 g/mol. The molecule has 1 fully saturated rings. The molecule has 2 aromatic carbocycles. The van der Waals surface area contributed by atoms with Crippen molar-refractivity contribution in [3.05, 3.63) is 65.4 Å². The second-order valence-corrected chi connectivity index (χ2v) is 10.0. The third-order valence-electron chi connectivity index (χ3n) is 6.84. The first kappa shape index (κ1) is 30.5. The molecule has 0 spiro atoms. The van der Waals surface area contributed by atoms with Crippen molar-refractivity contribution >= 4 is 34.8 Å². The largest absolute Gasteiger partial charge is 0.508 e. The number of hydrogen-bond donors (Lipinski definition) is 2. The molecule has 1 aromatic heterocycles. The number of nitrogens with zero attached hydrogens (tertiary/aromatic N) is 1. The van der Waals surface area contributed by atoms with Gasteiger partial charge in [-0.15, -0.1) is 0 Å². The maximum Gasteiger partial charge on any atom is 0.303 e. The molecule has 0 amide bonds. The maximum atomic E-state index is 12.3. The molecule has 3 aromatic rings. The highest BCUT2D eigenvalue weighted by Crippen LogP contribution is 2.40. The summed E-state index contributed by atoms with van der Waals surface area (Å²) in [5, 5.41) is 21.8. The molecule has 2 heterocycles. The predicted molar refractivity (Wildman–Crippen MR) is 146 cm³/mol. The summed E-state index contributed by atoms with van der Waals surface area (Å²) < 4.78 is 29.9. The Bertz CT molecular complexity index is 1480. The van der Waals surface area contributed by atoms with Gasteiger partial charge in [0, 0.05) is 44.8 Å². The lowest BCUT2D eigenvalue weighted by molar-refractivity contribution is -0.267. The summed E-state index contributed by atoms with van der Waals surface area (Å²) in [5.41, 5.74) is 2.41. The first-order valence-corrected chi connectivity index (χ1v) is 13.2. The standard InChI is InChI=1S/C30H33NO11/c1-15-7-6-8-23-25(15)22(26(37)20-9-11-21(36)12-10-20)13-31(23)30-29(41-19(5)35)28(40-18(4)34)27(39-17(3)33)24(42-30)14-38-16(2)32/h6-13,24,26-30,36-37H,14H2,1-5H3/t24-,26?,27-,28+,29-,30-/m1/s1. The normalized spacial score (nSPS) is 22.7. The predicted octanol–water partition coefficient (Wildman–Crippen LogP) is 2.99. The Kier molecular flexibility index (Phi) is 9.17. The zero-order valence-corrected chi connectivity index (χ0v) is 23.8. The number of aromatic nitrogens is 1. The van der Waals surface area contributed by atoms with Crippen LogP contribution in [0.15, 0.2) is 48.7 Å². The van der Waals surface area contributed by atoms with E-state index in [0.717, 1.165) is 19.4 Å². The fraction of sp³-hybridized carbons (Fsp3) is 0.400. The number of aryl methyl sites for hydroxylation is 1. The second-order valence-electron chi connectivity index (χ2n) is 10.0. The Morgan fingerprint density at radius 3 is 2.05 bits per heavy atom. The summed E-state index contributed by atoms with van der Waals surface area (Å²) in [6.45, 7) is 6.18. The van der Waals surface area contributed by atoms with E-state index in [-0.39, 0.29) is 12.4 Å². The number of esters is 4. The lowest BCUT2D eigenvalue weighted by atomic mass is 9.97. The highest BCUT2D eigenvalue weighted by Gasteiger charge is 2.53. The first-order valence-electron chi connectivity index (χ1n) is 13.2. The van der Waals surface area contributed by atoms with Crippen LogP contribution < -0.4 is 0 Å². The van der Waals surface area contributed by atoms with Crippen molar-refractivity contribution in [1.82, 2.24) is 4.57 Å². The van der Waals surface area contributed by atoms with Gasteiger partial charge in [0.25, 0.3) is 0 Å². The molecule has 2 N–H and O–H groups in total. The molecular formula is C30H33NO11. The third-order valence-corrected chi connectivity index (χ3v) is 6.84. The highest BCUT2D eigenvalue weighted by atomic mass is 16.7. The molecule has 0 radical (unpaired) electrons. The van der Waals surface area contributed by atoms with Crippen molar-refractivity contribution in [2.45, 2.75) is 71.4 Å². The molecule has 12 nitrogen and oxygen atoms in total. The topological polar surface area (TPSA) is 160 Å². The minimum Gasteiger partial charge on any atom is -0.508 e. The number of phenols is 1. The van der Waals surface area contributed by atoms with Gasteiger partial charge in [-0.25, -0.2) is 0 Å². The molecule has 0 aliphatic carbocycles. The molecule has 0 bridgehead atoms. The van der Waals surface area contributed by atoms with Crippen molar-refractivity contribution in [2.75, 3.05) is 6.61 Å². The van der Waals surface area contributed by atoms with Crippen LogP contribution >= 0.6 is 0 Å². The summed E-state index contributed by atoms with van der Waals surface area (Å²) >= 11 is 0. The van der Waals surface area contributed by atoms with E-state index in [0.29, 0.717) is 22.0 Å². The van der Waals surface area contributed by atoms with Gasteiger partial charge in [0.05, 0.1) is 5.52 Å². The van der Waals surface area contributed by atoms with Gasteiger partial charge in [0.1, 0.15) is 24.6 Å². The second kappa shape index (κ2) is 12.6. The van der Waals surface area contributed by atoms with Gasteiger partial charge < -0.3 is 38.5 Å². The van der Waals surface area contributed by atoms with E-state index in [9.17, 15) is 29.4 Å². The van der Waals surface area contributed by atoms with Gasteiger partial charge in [0.2, 0.25) is 0 Å². The average molecular weight is 584 g/mol. The van der Waals surface area contributed by atoms with Gasteiger partial charge in [-0.05, 0) is 36.2 Å². The van der Waals surface area contributed by atoms with Crippen molar-refractivity contribution in [3.8, 4) is 5.75 Å². The Hall–Kier alpha value is -4.42. The molecule has 1 saturated heterocycles. The third kappa shape index (κ3) is 6.55. The number of rotatable bonds is 8. The summed E-state index contributed by atoms with van der Waals surface area (Å²) in [7, 11) is 0. The Labute approximate surface area is 241 Å². The molecule has 12 heteroatoms. The van der Waals surface area contributed by atoms with Crippen LogP contribution in [0.25, 0.3) is 10.9 Å².